The van der Waals surface area contributed by atoms with Gasteiger partial charge in [-0.15, -0.1) is 11.8 Å². The minimum Gasteiger partial charge on any atom is -0.508 e. The number of thioether (sulfide) groups is 1. The molecule has 5 aromatic rings. The van der Waals surface area contributed by atoms with E-state index in [9.17, 15) is 57.8 Å². The number of nitrogens with two attached hydrogens (primary N) is 4. The Labute approximate surface area is 741 Å². The number of fused-ring (bicyclic) bond motifs is 4. The van der Waals surface area contributed by atoms with E-state index >= 15 is 28.8 Å². The third-order valence-electron chi connectivity index (χ3n) is 23.2. The van der Waals surface area contributed by atoms with Crippen LogP contribution in [0.15, 0.2) is 85.2 Å². The highest BCUT2D eigenvalue weighted by Crippen LogP contribution is 2.28. The Morgan fingerprint density at radius 3 is 1.61 bits per heavy atom. The number of nitrogens with zero attached hydrogens (tertiary/aromatic N) is 5. The van der Waals surface area contributed by atoms with Crippen molar-refractivity contribution in [3.05, 3.63) is 102 Å². The number of phenolic OH excluding ortho intramolecular Hbond substituents is 1. The predicted octanol–water partition coefficient (Wildman–Crippen LogP) is -1.40. The van der Waals surface area contributed by atoms with E-state index in [4.69, 9.17) is 22.9 Å². The molecule has 40 heteroatoms. The molecule has 692 valence electrons. The number of aromatic amines is 2. The zero-order chi connectivity index (χ0) is 93.3. The molecule has 2 aromatic heterocycles. The maximum Gasteiger partial charge on any atom is 0.248 e. The number of para-hydroxylation sites is 2. The zero-order valence-electron chi connectivity index (χ0n) is 73.8. The van der Waals surface area contributed by atoms with Crippen molar-refractivity contribution < 1.29 is 86.6 Å². The van der Waals surface area contributed by atoms with Gasteiger partial charge in [0.25, 0.3) is 0 Å². The van der Waals surface area contributed by atoms with Crippen LogP contribution in [0.2, 0.25) is 0 Å². The number of carbonyl (C=O) groups is 17. The van der Waals surface area contributed by atoms with Gasteiger partial charge in [-0.25, -0.2) is 0 Å². The Bertz CT molecular complexity index is 4790. The summed E-state index contributed by atoms with van der Waals surface area (Å²) in [5, 5.41) is 38.4. The first kappa shape index (κ1) is 100. The molecule has 3 aliphatic heterocycles. The monoisotopic (exact) mass is 1780 g/mol. The van der Waals surface area contributed by atoms with Crippen LogP contribution in [0.5, 0.6) is 5.75 Å². The van der Waals surface area contributed by atoms with Crippen molar-refractivity contribution in [3.8, 4) is 5.75 Å². The number of carbonyl (C=O) groups excluding carboxylic acids is 17. The summed E-state index contributed by atoms with van der Waals surface area (Å²) in [6, 6.07) is 1.26. The van der Waals surface area contributed by atoms with E-state index in [0.717, 1.165) is 21.6 Å². The molecule has 17 amide bonds. The lowest BCUT2D eigenvalue weighted by Gasteiger charge is -2.36. The smallest absolute Gasteiger partial charge is 0.248 e. The average molecular weight is 1790 g/mol. The summed E-state index contributed by atoms with van der Waals surface area (Å²) in [6.45, 7) is 9.84. The average Bonchev–Trinajstić information content (AvgIpc) is 1.59. The predicted molar refractivity (Wildman–Crippen MR) is 473 cm³/mol. The fraction of sp³-hybridized carbons (Fsp3) is 0.552. The molecule has 3 fully saturated rings. The molecule has 0 saturated carbocycles. The van der Waals surface area contributed by atoms with Gasteiger partial charge in [-0.2, -0.15) is 0 Å². The number of nitrogens with one attached hydrogen (secondary N) is 12. The second-order valence-corrected chi connectivity index (χ2v) is 34.7. The molecule has 8 rings (SSSR count). The first-order valence-corrected chi connectivity index (χ1v) is 44.3. The SMILES string of the molecule is CCCC[C@H]1C(=O)N(C)[C@@H](CCCC)C(=O)N[C@@H](CC(C)C)C(=O)N[C@H](C(=O)NCC(N)=O)CSCC(=O)N[C@@H](Cc2ccc(O)cc2)C(=O)N(C)[C@@H](C)C(=O)N[C@@H](CC(N)=O)C(=O)N2CCC[C@H]2C(=O)N[C@@H](CN)C(=O)NC(C)(C)C(=O)N2CCC[C@H]2C(=O)N[C@@H](Cc2c[nH]c3ccccc23)C(=O)N[C@@H](CCN)C(=O)N[C@@H](Cc2c[nH]c3ccccc23)C(=O)N1C. The Morgan fingerprint density at radius 2 is 1.04 bits per heavy atom. The van der Waals surface area contributed by atoms with Gasteiger partial charge in [0.2, 0.25) is 100 Å². The maximum absolute atomic E-state index is 15.7. The number of primary amides is 2. The number of hydrogen-bond donors (Lipinski definition) is 17. The number of phenols is 1. The molecular weight excluding hydrogens is 1660 g/mol. The van der Waals surface area contributed by atoms with Crippen LogP contribution < -0.4 is 76.1 Å². The van der Waals surface area contributed by atoms with Crippen molar-refractivity contribution >= 4 is 134 Å². The van der Waals surface area contributed by atoms with Gasteiger partial charge in [0, 0.05) is 100.0 Å². The van der Waals surface area contributed by atoms with Gasteiger partial charge in [0.15, 0.2) is 0 Å². The lowest BCUT2D eigenvalue weighted by molar-refractivity contribution is -0.149. The quantitative estimate of drug-likeness (QED) is 0.0379. The van der Waals surface area contributed by atoms with E-state index in [1.54, 1.807) is 44.4 Å². The number of likely N-dealkylation sites (N-methyl/N-ethyl adjacent to an activating group) is 3. The van der Waals surface area contributed by atoms with Crippen molar-refractivity contribution in [3.63, 3.8) is 0 Å². The molecular formula is C87H125N21O18S. The minimum atomic E-state index is -1.83. The van der Waals surface area contributed by atoms with Crippen molar-refractivity contribution in [1.82, 2.24) is 87.6 Å². The van der Waals surface area contributed by atoms with Crippen molar-refractivity contribution in [1.29, 1.82) is 0 Å². The number of aromatic nitrogens is 2. The summed E-state index contributed by atoms with van der Waals surface area (Å²) in [4.78, 5) is 260. The summed E-state index contributed by atoms with van der Waals surface area (Å²) in [5.74, 6) is -16.1. The molecule has 127 heavy (non-hydrogen) atoms. The van der Waals surface area contributed by atoms with Gasteiger partial charge < -0.3 is 116 Å². The second-order valence-electron chi connectivity index (χ2n) is 33.7. The molecule has 21 N–H and O–H groups in total. The van der Waals surface area contributed by atoms with Gasteiger partial charge in [0.1, 0.15) is 89.8 Å². The van der Waals surface area contributed by atoms with Crippen LogP contribution in [-0.4, -0.2) is 289 Å². The molecule has 0 bridgehead atoms. The summed E-state index contributed by atoms with van der Waals surface area (Å²) < 4.78 is 0. The van der Waals surface area contributed by atoms with E-state index in [1.807, 2.05) is 44.2 Å². The highest BCUT2D eigenvalue weighted by molar-refractivity contribution is 8.00. The van der Waals surface area contributed by atoms with E-state index in [2.05, 4.69) is 63.1 Å². The number of H-pyrrole nitrogens is 2. The number of unbranched alkanes of at least 4 members (excludes halogenated alkanes) is 2. The van der Waals surface area contributed by atoms with Crippen molar-refractivity contribution in [2.45, 2.75) is 235 Å². The molecule has 13 atom stereocenters. The normalized spacial score (nSPS) is 24.9. The molecule has 3 saturated heterocycles. The number of amides is 17. The Kier molecular flexibility index (Phi) is 37.0. The summed E-state index contributed by atoms with van der Waals surface area (Å²) >= 11 is 0.806. The molecule has 0 radical (unpaired) electrons. The third kappa shape index (κ3) is 27.2. The minimum absolute atomic E-state index is 0.00653. The molecule has 3 aliphatic rings. The van der Waals surface area contributed by atoms with E-state index < -0.39 is 210 Å². The first-order valence-electron chi connectivity index (χ1n) is 43.2. The Morgan fingerprint density at radius 1 is 0.535 bits per heavy atom. The van der Waals surface area contributed by atoms with Gasteiger partial charge >= 0.3 is 0 Å². The molecule has 0 spiro atoms. The second kappa shape index (κ2) is 46.9. The van der Waals surface area contributed by atoms with Crippen LogP contribution in [0.25, 0.3) is 21.8 Å². The summed E-state index contributed by atoms with van der Waals surface area (Å²) in [5.41, 5.74) is 24.6. The van der Waals surface area contributed by atoms with E-state index in [-0.39, 0.29) is 108 Å². The first-order chi connectivity index (χ1) is 60.3. The van der Waals surface area contributed by atoms with Crippen LogP contribution in [-0.2, 0) is 101 Å². The molecule has 0 aliphatic carbocycles. The third-order valence-corrected chi connectivity index (χ3v) is 24.2. The van der Waals surface area contributed by atoms with Gasteiger partial charge in [0.05, 0.1) is 18.7 Å². The van der Waals surface area contributed by atoms with E-state index in [0.29, 0.717) is 64.2 Å². The van der Waals surface area contributed by atoms with Crippen molar-refractivity contribution in [2.75, 3.05) is 65.4 Å². The molecule has 5 heterocycles. The van der Waals surface area contributed by atoms with Gasteiger partial charge in [-0.05, 0) is 126 Å². The lowest BCUT2D eigenvalue weighted by Crippen LogP contribution is -2.64. The topological polar surface area (TPSA) is 583 Å². The van der Waals surface area contributed by atoms with Crippen LogP contribution in [0.4, 0.5) is 0 Å². The van der Waals surface area contributed by atoms with Crippen molar-refractivity contribution in [2.24, 2.45) is 28.9 Å². The van der Waals surface area contributed by atoms with Crippen LogP contribution >= 0.6 is 11.8 Å². The highest BCUT2D eigenvalue weighted by Gasteiger charge is 2.47. The standard InChI is InChI=1S/C87H125N21O18S/c1-11-13-25-66-79(119)97-59(37-48(3)4)76(116)102-65(74(114)94-45-71(91)111)46-127-47-72(112)95-61(38-50-29-31-53(109)32-30-50)82(122)104(8)49(5)73(113)99-63(41-70(90)110)84(124)107-35-19-27-67(107)80(120)101-64(42-89)78(118)103-87(6,7)86(126)108-36-20-28-68(108)81(121)98-60(39-51-43-92-56-23-17-15-21-54(51)56)77(117)96-58(33-34-88)75(115)100-62(40-52-44-93-57-24-18-16-22-55(52)57)83(123)106(10)69(26-14-12-2)85(125)105(66)9/h15-18,21-24,29-32,43-44,48-49,58-69,92-93,109H,11-14,19-20,25-28,33-42,45-47,88-89H2,1-10H3,(H2,90,110)(H2,91,111)(H,94,114)(H,95,112)(H,96,117)(H,97,119)(H,98,121)(H,99,113)(H,100,115)(H,101,120)(H,102,116)(H,103,118)/t49-,58-,59-,60-,61-,62-,63-,64-,65-,66-,67-,68-,69-/m0/s1. The number of rotatable bonds is 22. The number of aromatic hydroxyl groups is 1. The fourth-order valence-corrected chi connectivity index (χ4v) is 16.8. The van der Waals surface area contributed by atoms with Gasteiger partial charge in [-0.1, -0.05) is 102 Å². The number of benzene rings is 3. The van der Waals surface area contributed by atoms with Crippen LogP contribution in [0, 0.1) is 5.92 Å². The zero-order valence-corrected chi connectivity index (χ0v) is 74.6. The Balaban J connectivity index is 1.17. The largest absolute Gasteiger partial charge is 0.508 e. The van der Waals surface area contributed by atoms with Gasteiger partial charge in [-0.3, -0.25) is 81.5 Å². The fourth-order valence-electron chi connectivity index (χ4n) is 16.0. The molecule has 39 nitrogen and oxygen atoms in total. The number of hydrogen-bond acceptors (Lipinski definition) is 21. The summed E-state index contributed by atoms with van der Waals surface area (Å²) in [7, 11) is 4.04. The lowest BCUT2D eigenvalue weighted by atomic mass is 9.99. The Hall–Kier alpha value is -12.2. The molecule has 3 aromatic carbocycles. The summed E-state index contributed by atoms with van der Waals surface area (Å²) in [6.07, 6.45) is 4.29. The maximum atomic E-state index is 15.7. The highest BCUT2D eigenvalue weighted by atomic mass is 32.2. The van der Waals surface area contributed by atoms with Crippen LogP contribution in [0.1, 0.15) is 149 Å². The van der Waals surface area contributed by atoms with E-state index in [1.165, 1.54) is 80.9 Å². The molecule has 0 unspecified atom stereocenters. The van der Waals surface area contributed by atoms with Crippen LogP contribution in [0.3, 0.4) is 0 Å².